The number of halogens is 1. The fourth-order valence-corrected chi connectivity index (χ4v) is 2.69. The summed E-state index contributed by atoms with van der Waals surface area (Å²) in [5, 5.41) is 1.80. The van der Waals surface area contributed by atoms with Gasteiger partial charge in [-0.05, 0) is 51.5 Å². The minimum absolute atomic E-state index is 0.192. The van der Waals surface area contributed by atoms with Crippen molar-refractivity contribution in [3.8, 4) is 5.75 Å². The number of imide groups is 1. The van der Waals surface area contributed by atoms with Gasteiger partial charge in [0.05, 0.1) is 16.5 Å². The van der Waals surface area contributed by atoms with E-state index < -0.39 is 11.9 Å². The number of carbonyl (C=O) groups excluding carboxylic acids is 3. The number of hydrogen-bond acceptors (Lipinski definition) is 6. The Bertz CT molecular complexity index is 643. The first-order valence-corrected chi connectivity index (χ1v) is 7.34. The van der Waals surface area contributed by atoms with Crippen LogP contribution < -0.4 is 10.1 Å². The SMILES string of the molecule is COC(=O)COc1ccc(/C=C2\SC(=O)NC2=O)cc1Br. The molecule has 1 fully saturated rings. The van der Waals surface area contributed by atoms with Crippen LogP contribution in [0.4, 0.5) is 4.79 Å². The Kier molecular flexibility index (Phi) is 5.03. The molecule has 0 aromatic heterocycles. The van der Waals surface area contributed by atoms with Gasteiger partial charge in [-0.15, -0.1) is 0 Å². The molecule has 110 valence electrons. The lowest BCUT2D eigenvalue weighted by molar-refractivity contribution is -0.142. The van der Waals surface area contributed by atoms with Crippen molar-refractivity contribution in [2.45, 2.75) is 0 Å². The molecule has 0 atom stereocenters. The fourth-order valence-electron chi connectivity index (χ4n) is 1.49. The van der Waals surface area contributed by atoms with E-state index >= 15 is 0 Å². The maximum Gasteiger partial charge on any atom is 0.343 e. The monoisotopic (exact) mass is 371 g/mol. The van der Waals surface area contributed by atoms with Gasteiger partial charge in [0.1, 0.15) is 5.75 Å². The van der Waals surface area contributed by atoms with Gasteiger partial charge in [-0.25, -0.2) is 4.79 Å². The number of amides is 2. The fraction of sp³-hybridized carbons (Fsp3) is 0.154. The Balaban J connectivity index is 2.12. The van der Waals surface area contributed by atoms with Crippen LogP contribution in [-0.2, 0) is 14.3 Å². The second-order valence-electron chi connectivity index (χ2n) is 3.91. The van der Waals surface area contributed by atoms with Crippen molar-refractivity contribution in [1.29, 1.82) is 0 Å². The molecule has 1 aromatic carbocycles. The highest BCUT2D eigenvalue weighted by Gasteiger charge is 2.24. The molecule has 1 N–H and O–H groups in total. The molecule has 1 aliphatic rings. The number of thioether (sulfide) groups is 1. The smallest absolute Gasteiger partial charge is 0.343 e. The molecule has 2 rings (SSSR count). The van der Waals surface area contributed by atoms with Gasteiger partial charge in [0.15, 0.2) is 6.61 Å². The molecule has 0 radical (unpaired) electrons. The molecule has 0 aliphatic carbocycles. The first kappa shape index (κ1) is 15.6. The molecule has 1 heterocycles. The van der Waals surface area contributed by atoms with Crippen molar-refractivity contribution in [1.82, 2.24) is 5.32 Å². The van der Waals surface area contributed by atoms with Gasteiger partial charge in [0.2, 0.25) is 0 Å². The van der Waals surface area contributed by atoms with Crippen molar-refractivity contribution < 1.29 is 23.9 Å². The molecule has 0 spiro atoms. The van der Waals surface area contributed by atoms with E-state index in [1.807, 2.05) is 0 Å². The number of carbonyl (C=O) groups is 3. The molecule has 0 unspecified atom stereocenters. The summed E-state index contributed by atoms with van der Waals surface area (Å²) in [5.74, 6) is -0.417. The minimum atomic E-state index is -0.481. The molecule has 2 amide bonds. The van der Waals surface area contributed by atoms with E-state index in [2.05, 4.69) is 26.0 Å². The molecule has 1 saturated heterocycles. The van der Waals surface area contributed by atoms with Gasteiger partial charge in [-0.2, -0.15) is 0 Å². The average Bonchev–Trinajstić information content (AvgIpc) is 2.75. The zero-order valence-electron chi connectivity index (χ0n) is 10.8. The molecule has 1 aliphatic heterocycles. The van der Waals surface area contributed by atoms with Crippen molar-refractivity contribution in [3.05, 3.63) is 33.1 Å². The highest BCUT2D eigenvalue weighted by Crippen LogP contribution is 2.30. The largest absolute Gasteiger partial charge is 0.481 e. The van der Waals surface area contributed by atoms with Gasteiger partial charge in [-0.1, -0.05) is 6.07 Å². The van der Waals surface area contributed by atoms with Crippen LogP contribution in [0.1, 0.15) is 5.56 Å². The zero-order chi connectivity index (χ0) is 15.4. The second-order valence-corrected chi connectivity index (χ2v) is 5.78. The van der Waals surface area contributed by atoms with E-state index in [0.717, 1.165) is 17.3 Å². The Morgan fingerprint density at radius 2 is 2.19 bits per heavy atom. The normalized spacial score (nSPS) is 16.0. The molecular weight excluding hydrogens is 362 g/mol. The summed E-state index contributed by atoms with van der Waals surface area (Å²) < 4.78 is 10.4. The summed E-state index contributed by atoms with van der Waals surface area (Å²) >= 11 is 4.16. The van der Waals surface area contributed by atoms with Crippen LogP contribution in [-0.4, -0.2) is 30.8 Å². The predicted molar refractivity (Wildman–Crippen MR) is 80.8 cm³/mol. The second kappa shape index (κ2) is 6.77. The van der Waals surface area contributed by atoms with Crippen LogP contribution in [0.15, 0.2) is 27.6 Å². The number of nitrogens with one attached hydrogen (secondary N) is 1. The summed E-state index contributed by atoms with van der Waals surface area (Å²) in [4.78, 5) is 33.9. The topological polar surface area (TPSA) is 81.7 Å². The Hall–Kier alpha value is -1.80. The maximum atomic E-state index is 11.4. The molecule has 0 bridgehead atoms. The number of ether oxygens (including phenoxy) is 2. The highest BCUT2D eigenvalue weighted by molar-refractivity contribution is 9.10. The van der Waals surface area contributed by atoms with Crippen molar-refractivity contribution in [2.24, 2.45) is 0 Å². The molecule has 1 aromatic rings. The number of rotatable bonds is 4. The molecule has 8 heteroatoms. The van der Waals surface area contributed by atoms with E-state index in [-0.39, 0.29) is 11.8 Å². The van der Waals surface area contributed by atoms with Gasteiger partial charge >= 0.3 is 5.97 Å². The third kappa shape index (κ3) is 4.08. The van der Waals surface area contributed by atoms with E-state index in [1.54, 1.807) is 24.3 Å². The molecular formula is C13H10BrNO5S. The maximum absolute atomic E-state index is 11.4. The molecule has 6 nitrogen and oxygen atoms in total. The van der Waals surface area contributed by atoms with E-state index in [1.165, 1.54) is 7.11 Å². The van der Waals surface area contributed by atoms with Gasteiger partial charge in [-0.3, -0.25) is 14.9 Å². The number of methoxy groups -OCH3 is 1. The van der Waals surface area contributed by atoms with E-state index in [4.69, 9.17) is 4.74 Å². The number of esters is 1. The van der Waals surface area contributed by atoms with Crippen LogP contribution in [0.5, 0.6) is 5.75 Å². The first-order valence-electron chi connectivity index (χ1n) is 5.73. The predicted octanol–water partition coefficient (Wildman–Crippen LogP) is 2.32. The lowest BCUT2D eigenvalue weighted by Crippen LogP contribution is -2.17. The standard InChI is InChI=1S/C13H10BrNO5S/c1-19-11(16)6-20-9-3-2-7(4-8(9)14)5-10-12(17)15-13(18)21-10/h2-5H,6H2,1H3,(H,15,17,18)/b10-5-. The van der Waals surface area contributed by atoms with E-state index in [0.29, 0.717) is 15.1 Å². The summed E-state index contributed by atoms with van der Waals surface area (Å²) in [6, 6.07) is 5.08. The Morgan fingerprint density at radius 1 is 1.43 bits per heavy atom. The van der Waals surface area contributed by atoms with Gasteiger partial charge in [0, 0.05) is 0 Å². The Labute approximate surface area is 133 Å². The molecule has 21 heavy (non-hydrogen) atoms. The number of benzene rings is 1. The Morgan fingerprint density at radius 3 is 2.76 bits per heavy atom. The van der Waals surface area contributed by atoms with Crippen LogP contribution in [0.25, 0.3) is 6.08 Å². The summed E-state index contributed by atoms with van der Waals surface area (Å²) in [6.07, 6.45) is 1.60. The van der Waals surface area contributed by atoms with Crippen molar-refractivity contribution in [3.63, 3.8) is 0 Å². The van der Waals surface area contributed by atoms with Crippen LogP contribution in [0, 0.1) is 0 Å². The molecule has 0 saturated carbocycles. The van der Waals surface area contributed by atoms with Gasteiger partial charge < -0.3 is 9.47 Å². The summed E-state index contributed by atoms with van der Waals surface area (Å²) in [5.41, 5.74) is 0.722. The van der Waals surface area contributed by atoms with Crippen molar-refractivity contribution in [2.75, 3.05) is 13.7 Å². The lowest BCUT2D eigenvalue weighted by atomic mass is 10.2. The van der Waals surface area contributed by atoms with Crippen LogP contribution in [0.2, 0.25) is 0 Å². The van der Waals surface area contributed by atoms with Crippen molar-refractivity contribution >= 4 is 50.9 Å². The van der Waals surface area contributed by atoms with Crippen LogP contribution >= 0.6 is 27.7 Å². The van der Waals surface area contributed by atoms with Gasteiger partial charge in [0.25, 0.3) is 11.1 Å². The van der Waals surface area contributed by atoms with Crippen LogP contribution in [0.3, 0.4) is 0 Å². The summed E-state index contributed by atoms with van der Waals surface area (Å²) in [7, 11) is 1.28. The summed E-state index contributed by atoms with van der Waals surface area (Å²) in [6.45, 7) is -0.192. The van der Waals surface area contributed by atoms with E-state index in [9.17, 15) is 14.4 Å². The quantitative estimate of drug-likeness (QED) is 0.645. The third-order valence-corrected chi connectivity index (χ3v) is 3.90. The zero-order valence-corrected chi connectivity index (χ0v) is 13.2. The highest BCUT2D eigenvalue weighted by atomic mass is 79.9. The first-order chi connectivity index (χ1) is 9.99. The average molecular weight is 372 g/mol. The number of hydrogen-bond donors (Lipinski definition) is 1. The minimum Gasteiger partial charge on any atom is -0.481 e. The third-order valence-electron chi connectivity index (χ3n) is 2.47. The lowest BCUT2D eigenvalue weighted by Gasteiger charge is -2.07.